The molecule has 0 radical (unpaired) electrons. The SMILES string of the molecule is CN(CCN(C)C1CCCC1)C[C@H](O)c1ccccc1. The van der Waals surface area contributed by atoms with Gasteiger partial charge in [-0.15, -0.1) is 0 Å². The summed E-state index contributed by atoms with van der Waals surface area (Å²) in [5, 5.41) is 10.2. The van der Waals surface area contributed by atoms with Crippen LogP contribution in [0.25, 0.3) is 0 Å². The summed E-state index contributed by atoms with van der Waals surface area (Å²) in [6, 6.07) is 10.7. The maximum atomic E-state index is 10.2. The van der Waals surface area contributed by atoms with Crippen LogP contribution in [0.4, 0.5) is 0 Å². The molecule has 1 saturated carbocycles. The van der Waals surface area contributed by atoms with Gasteiger partial charge in [0.15, 0.2) is 0 Å². The van der Waals surface area contributed by atoms with E-state index >= 15 is 0 Å². The number of hydrogen-bond acceptors (Lipinski definition) is 3. The molecular formula is C17H28N2O. The van der Waals surface area contributed by atoms with Gasteiger partial charge in [0.1, 0.15) is 0 Å². The lowest BCUT2D eigenvalue weighted by Gasteiger charge is -2.27. The van der Waals surface area contributed by atoms with Crippen LogP contribution >= 0.6 is 0 Å². The fourth-order valence-corrected chi connectivity index (χ4v) is 3.02. The molecule has 0 bridgehead atoms. The predicted molar refractivity (Wildman–Crippen MR) is 83.8 cm³/mol. The van der Waals surface area contributed by atoms with Gasteiger partial charge in [-0.2, -0.15) is 0 Å². The second-order valence-electron chi connectivity index (χ2n) is 6.11. The van der Waals surface area contributed by atoms with E-state index in [1.54, 1.807) is 0 Å². The van der Waals surface area contributed by atoms with E-state index < -0.39 is 6.10 Å². The third-order valence-corrected chi connectivity index (χ3v) is 4.45. The largest absolute Gasteiger partial charge is 0.387 e. The Balaban J connectivity index is 1.70. The minimum absolute atomic E-state index is 0.391. The zero-order valence-electron chi connectivity index (χ0n) is 12.8. The Morgan fingerprint density at radius 1 is 1.10 bits per heavy atom. The van der Waals surface area contributed by atoms with Crippen molar-refractivity contribution in [1.82, 2.24) is 9.80 Å². The number of hydrogen-bond donors (Lipinski definition) is 1. The molecule has 0 spiro atoms. The van der Waals surface area contributed by atoms with Crippen molar-refractivity contribution < 1.29 is 5.11 Å². The molecule has 0 heterocycles. The molecule has 1 fully saturated rings. The first-order chi connectivity index (χ1) is 9.66. The average Bonchev–Trinajstić information content (AvgIpc) is 3.00. The molecular weight excluding hydrogens is 248 g/mol. The zero-order chi connectivity index (χ0) is 14.4. The standard InChI is InChI=1S/C17H28N2O/c1-18(12-13-19(2)16-10-6-7-11-16)14-17(20)15-8-4-3-5-9-15/h3-5,8-9,16-17,20H,6-7,10-14H2,1-2H3/t17-/m0/s1. The molecule has 0 aliphatic heterocycles. The van der Waals surface area contributed by atoms with Gasteiger partial charge in [-0.25, -0.2) is 0 Å². The molecule has 1 N–H and O–H groups in total. The summed E-state index contributed by atoms with van der Waals surface area (Å²) in [4.78, 5) is 4.71. The highest BCUT2D eigenvalue weighted by Crippen LogP contribution is 2.22. The van der Waals surface area contributed by atoms with Crippen LogP contribution in [-0.2, 0) is 0 Å². The second kappa shape index (κ2) is 7.77. The number of rotatable bonds is 7. The number of aliphatic hydroxyl groups excluding tert-OH is 1. The smallest absolute Gasteiger partial charge is 0.0916 e. The summed E-state index contributed by atoms with van der Waals surface area (Å²) in [5.74, 6) is 0. The lowest BCUT2D eigenvalue weighted by Crippen LogP contribution is -2.37. The molecule has 3 nitrogen and oxygen atoms in total. The van der Waals surface area contributed by atoms with Crippen molar-refractivity contribution >= 4 is 0 Å². The minimum atomic E-state index is -0.391. The van der Waals surface area contributed by atoms with E-state index in [1.807, 2.05) is 30.3 Å². The van der Waals surface area contributed by atoms with Gasteiger partial charge < -0.3 is 14.9 Å². The third kappa shape index (κ3) is 4.58. The van der Waals surface area contributed by atoms with Gasteiger partial charge in [0.05, 0.1) is 6.10 Å². The van der Waals surface area contributed by atoms with Gasteiger partial charge in [0.2, 0.25) is 0 Å². The summed E-state index contributed by atoms with van der Waals surface area (Å²) >= 11 is 0. The molecule has 1 aromatic carbocycles. The first kappa shape index (κ1) is 15.5. The fourth-order valence-electron chi connectivity index (χ4n) is 3.02. The van der Waals surface area contributed by atoms with Crippen LogP contribution in [0.3, 0.4) is 0 Å². The molecule has 0 unspecified atom stereocenters. The zero-order valence-corrected chi connectivity index (χ0v) is 12.8. The van der Waals surface area contributed by atoms with Crippen LogP contribution < -0.4 is 0 Å². The van der Waals surface area contributed by atoms with Gasteiger partial charge in [-0.1, -0.05) is 43.2 Å². The maximum absolute atomic E-state index is 10.2. The lowest BCUT2D eigenvalue weighted by molar-refractivity contribution is 0.117. The monoisotopic (exact) mass is 276 g/mol. The topological polar surface area (TPSA) is 26.7 Å². The number of aliphatic hydroxyl groups is 1. The van der Waals surface area contributed by atoms with Gasteiger partial charge in [0.25, 0.3) is 0 Å². The van der Waals surface area contributed by atoms with Crippen LogP contribution in [0.15, 0.2) is 30.3 Å². The number of nitrogens with zero attached hydrogens (tertiary/aromatic N) is 2. The van der Waals surface area contributed by atoms with Crippen LogP contribution in [0, 0.1) is 0 Å². The van der Waals surface area contributed by atoms with Crippen molar-refractivity contribution in [3.05, 3.63) is 35.9 Å². The van der Waals surface area contributed by atoms with Crippen molar-refractivity contribution in [2.75, 3.05) is 33.7 Å². The molecule has 0 aromatic heterocycles. The minimum Gasteiger partial charge on any atom is -0.387 e. The summed E-state index contributed by atoms with van der Waals surface area (Å²) in [6.45, 7) is 2.79. The van der Waals surface area contributed by atoms with Crippen molar-refractivity contribution in [2.45, 2.75) is 37.8 Å². The highest BCUT2D eigenvalue weighted by atomic mass is 16.3. The highest BCUT2D eigenvalue weighted by molar-refractivity contribution is 5.17. The van der Waals surface area contributed by atoms with Gasteiger partial charge in [-0.3, -0.25) is 0 Å². The number of likely N-dealkylation sites (N-methyl/N-ethyl adjacent to an activating group) is 2. The van der Waals surface area contributed by atoms with Crippen molar-refractivity contribution in [3.8, 4) is 0 Å². The van der Waals surface area contributed by atoms with E-state index in [9.17, 15) is 5.11 Å². The molecule has 3 heteroatoms. The molecule has 112 valence electrons. The van der Waals surface area contributed by atoms with E-state index in [0.29, 0.717) is 6.54 Å². The van der Waals surface area contributed by atoms with E-state index in [0.717, 1.165) is 24.7 Å². The van der Waals surface area contributed by atoms with E-state index in [1.165, 1.54) is 25.7 Å². The maximum Gasteiger partial charge on any atom is 0.0916 e. The molecule has 1 atom stereocenters. The lowest BCUT2D eigenvalue weighted by atomic mass is 10.1. The Kier molecular flexibility index (Phi) is 6.02. The summed E-state index contributed by atoms with van der Waals surface area (Å²) < 4.78 is 0. The van der Waals surface area contributed by atoms with Gasteiger partial charge in [-0.05, 0) is 32.5 Å². The first-order valence-corrected chi connectivity index (χ1v) is 7.78. The fraction of sp³-hybridized carbons (Fsp3) is 0.647. The molecule has 1 aromatic rings. The Hall–Kier alpha value is -0.900. The average molecular weight is 276 g/mol. The van der Waals surface area contributed by atoms with Crippen molar-refractivity contribution in [3.63, 3.8) is 0 Å². The Morgan fingerprint density at radius 3 is 2.40 bits per heavy atom. The Bertz CT molecular complexity index is 376. The van der Waals surface area contributed by atoms with Crippen LogP contribution in [0.5, 0.6) is 0 Å². The molecule has 0 amide bonds. The Morgan fingerprint density at radius 2 is 1.75 bits per heavy atom. The first-order valence-electron chi connectivity index (χ1n) is 7.78. The molecule has 1 aliphatic carbocycles. The number of benzene rings is 1. The third-order valence-electron chi connectivity index (χ3n) is 4.45. The van der Waals surface area contributed by atoms with E-state index in [-0.39, 0.29) is 0 Å². The quantitative estimate of drug-likeness (QED) is 0.829. The second-order valence-corrected chi connectivity index (χ2v) is 6.11. The van der Waals surface area contributed by atoms with Gasteiger partial charge >= 0.3 is 0 Å². The van der Waals surface area contributed by atoms with Crippen molar-refractivity contribution in [2.24, 2.45) is 0 Å². The normalized spacial score (nSPS) is 18.1. The summed E-state index contributed by atoms with van der Waals surface area (Å²) in [7, 11) is 4.33. The van der Waals surface area contributed by atoms with Gasteiger partial charge in [0, 0.05) is 25.7 Å². The summed E-state index contributed by atoms with van der Waals surface area (Å²) in [5.41, 5.74) is 1.00. The Labute approximate surface area is 123 Å². The predicted octanol–water partition coefficient (Wildman–Crippen LogP) is 2.53. The van der Waals surface area contributed by atoms with Crippen LogP contribution in [0.1, 0.15) is 37.4 Å². The molecule has 20 heavy (non-hydrogen) atoms. The van der Waals surface area contributed by atoms with Crippen LogP contribution in [0.2, 0.25) is 0 Å². The summed E-state index contributed by atoms with van der Waals surface area (Å²) in [6.07, 6.45) is 5.09. The van der Waals surface area contributed by atoms with E-state index in [2.05, 4.69) is 23.9 Å². The van der Waals surface area contributed by atoms with Crippen LogP contribution in [-0.4, -0.2) is 54.7 Å². The molecule has 0 saturated heterocycles. The molecule has 1 aliphatic rings. The highest BCUT2D eigenvalue weighted by Gasteiger charge is 2.19. The van der Waals surface area contributed by atoms with E-state index in [4.69, 9.17) is 0 Å². The van der Waals surface area contributed by atoms with Crippen molar-refractivity contribution in [1.29, 1.82) is 0 Å². The molecule has 2 rings (SSSR count).